The van der Waals surface area contributed by atoms with Crippen LogP contribution in [0.15, 0.2) is 76.5 Å². The molecule has 0 saturated heterocycles. The monoisotopic (exact) mass is 483 g/mol. The minimum atomic E-state index is -0.695. The Kier molecular flexibility index (Phi) is 6.76. The number of furan rings is 1. The molecule has 0 saturated carbocycles. The number of aromatic nitrogens is 3. The first kappa shape index (κ1) is 22.6. The summed E-state index contributed by atoms with van der Waals surface area (Å²) in [6.45, 7) is 2.52. The van der Waals surface area contributed by atoms with Crippen LogP contribution in [-0.2, 0) is 11.3 Å². The van der Waals surface area contributed by atoms with Gasteiger partial charge in [-0.05, 0) is 36.8 Å². The van der Waals surface area contributed by atoms with Crippen molar-refractivity contribution in [2.45, 2.75) is 23.9 Å². The summed E-state index contributed by atoms with van der Waals surface area (Å²) in [6.07, 6.45) is 1.56. The zero-order chi connectivity index (χ0) is 23.4. The quantitative estimate of drug-likeness (QED) is 0.197. The molecule has 1 N–H and O–H groups in total. The number of halogens is 1. The molecule has 0 radical (unpaired) electrons. The van der Waals surface area contributed by atoms with Crippen LogP contribution < -0.4 is 5.32 Å². The molecule has 2 heterocycles. The lowest BCUT2D eigenvalue weighted by molar-refractivity contribution is -0.384. The van der Waals surface area contributed by atoms with E-state index >= 15 is 0 Å². The Morgan fingerprint density at radius 2 is 2.00 bits per heavy atom. The van der Waals surface area contributed by atoms with Crippen LogP contribution in [0.4, 0.5) is 11.4 Å². The van der Waals surface area contributed by atoms with E-state index < -0.39 is 10.2 Å². The number of hydrogen-bond donors (Lipinski definition) is 1. The topological polar surface area (TPSA) is 116 Å². The van der Waals surface area contributed by atoms with Crippen molar-refractivity contribution in [1.82, 2.24) is 14.8 Å². The van der Waals surface area contributed by atoms with Crippen molar-refractivity contribution in [3.05, 3.63) is 87.6 Å². The summed E-state index contributed by atoms with van der Waals surface area (Å²) in [5.41, 5.74) is 0.728. The van der Waals surface area contributed by atoms with Gasteiger partial charge in [0.2, 0.25) is 5.91 Å². The molecule has 0 aliphatic rings. The first-order valence-electron chi connectivity index (χ1n) is 9.91. The minimum absolute atomic E-state index is 0.00603. The highest BCUT2D eigenvalue weighted by Gasteiger charge is 2.27. The summed E-state index contributed by atoms with van der Waals surface area (Å²) in [7, 11) is 0. The summed E-state index contributed by atoms with van der Waals surface area (Å²) < 4.78 is 7.31. The second kappa shape index (κ2) is 9.88. The third-order valence-corrected chi connectivity index (χ3v) is 6.30. The van der Waals surface area contributed by atoms with Crippen LogP contribution in [-0.4, -0.2) is 25.6 Å². The van der Waals surface area contributed by atoms with Gasteiger partial charge in [-0.1, -0.05) is 53.7 Å². The standard InChI is InChI=1S/C22H18ClN5O4S/c1-2-27-20(18-9-6-12-32-18)25-26-22(27)33-19(14-7-4-3-5-8-14)21(29)24-15-10-11-16(23)17(13-15)28(30)31/h3-13,19H,2H2,1H3,(H,24,29). The van der Waals surface area contributed by atoms with E-state index in [0.717, 1.165) is 5.56 Å². The summed E-state index contributed by atoms with van der Waals surface area (Å²) in [5.74, 6) is 0.768. The SMILES string of the molecule is CCn1c(SC(C(=O)Nc2ccc(Cl)c([N+](=O)[O-])c2)c2ccccc2)nnc1-c1ccco1. The number of amides is 1. The molecule has 2 aromatic heterocycles. The van der Waals surface area contributed by atoms with Gasteiger partial charge in [0.05, 0.1) is 11.2 Å². The average molecular weight is 484 g/mol. The number of rotatable bonds is 8. The van der Waals surface area contributed by atoms with E-state index in [1.807, 2.05) is 41.8 Å². The molecule has 0 fully saturated rings. The average Bonchev–Trinajstić information content (AvgIpc) is 3.48. The van der Waals surface area contributed by atoms with Crippen molar-refractivity contribution in [2.24, 2.45) is 0 Å². The Morgan fingerprint density at radius 3 is 2.67 bits per heavy atom. The number of nitro benzene ring substituents is 1. The van der Waals surface area contributed by atoms with Crippen LogP contribution >= 0.6 is 23.4 Å². The van der Waals surface area contributed by atoms with Crippen LogP contribution in [0.2, 0.25) is 5.02 Å². The number of nitro groups is 1. The van der Waals surface area contributed by atoms with Gasteiger partial charge in [-0.25, -0.2) is 0 Å². The third kappa shape index (κ3) is 4.91. The third-order valence-electron chi connectivity index (χ3n) is 4.75. The Balaban J connectivity index is 1.65. The van der Waals surface area contributed by atoms with Crippen LogP contribution in [0.5, 0.6) is 0 Å². The van der Waals surface area contributed by atoms with Crippen LogP contribution in [0.3, 0.4) is 0 Å². The zero-order valence-corrected chi connectivity index (χ0v) is 18.9. The molecule has 11 heteroatoms. The number of nitrogens with one attached hydrogen (secondary N) is 1. The summed E-state index contributed by atoms with van der Waals surface area (Å²) in [6, 6.07) is 16.9. The molecule has 168 valence electrons. The molecule has 4 rings (SSSR count). The van der Waals surface area contributed by atoms with Crippen molar-refractivity contribution in [2.75, 3.05) is 5.32 Å². The van der Waals surface area contributed by atoms with E-state index in [0.29, 0.717) is 23.3 Å². The second-order valence-electron chi connectivity index (χ2n) is 6.85. The smallest absolute Gasteiger partial charge is 0.289 e. The number of thioether (sulfide) groups is 1. The van der Waals surface area contributed by atoms with Gasteiger partial charge in [0.1, 0.15) is 10.3 Å². The number of carbonyl (C=O) groups excluding carboxylic acids is 1. The Hall–Kier alpha value is -3.63. The van der Waals surface area contributed by atoms with Gasteiger partial charge in [0.15, 0.2) is 16.7 Å². The lowest BCUT2D eigenvalue weighted by atomic mass is 10.1. The second-order valence-corrected chi connectivity index (χ2v) is 8.33. The molecule has 0 aliphatic carbocycles. The molecule has 2 aromatic carbocycles. The first-order chi connectivity index (χ1) is 16.0. The first-order valence-corrected chi connectivity index (χ1v) is 11.2. The molecule has 0 spiro atoms. The van der Waals surface area contributed by atoms with E-state index in [4.69, 9.17) is 16.0 Å². The Bertz CT molecular complexity index is 1280. The highest BCUT2D eigenvalue weighted by atomic mass is 35.5. The van der Waals surface area contributed by atoms with Crippen molar-refractivity contribution in [3.63, 3.8) is 0 Å². The molecule has 4 aromatic rings. The van der Waals surface area contributed by atoms with Gasteiger partial charge in [0, 0.05) is 18.3 Å². The highest BCUT2D eigenvalue weighted by Crippen LogP contribution is 2.37. The largest absolute Gasteiger partial charge is 0.461 e. The van der Waals surface area contributed by atoms with Crippen molar-refractivity contribution in [1.29, 1.82) is 0 Å². The lowest BCUT2D eigenvalue weighted by Crippen LogP contribution is -2.19. The highest BCUT2D eigenvalue weighted by molar-refractivity contribution is 8.00. The van der Waals surface area contributed by atoms with Gasteiger partial charge in [-0.3, -0.25) is 19.5 Å². The maximum absolute atomic E-state index is 13.3. The maximum Gasteiger partial charge on any atom is 0.289 e. The fraction of sp³-hybridized carbons (Fsp3) is 0.136. The number of benzene rings is 2. The molecule has 0 bridgehead atoms. The number of anilines is 1. The van der Waals surface area contributed by atoms with E-state index in [1.54, 1.807) is 18.4 Å². The van der Waals surface area contributed by atoms with Crippen LogP contribution in [0.25, 0.3) is 11.6 Å². The minimum Gasteiger partial charge on any atom is -0.461 e. The van der Waals surface area contributed by atoms with Gasteiger partial charge in [-0.2, -0.15) is 0 Å². The van der Waals surface area contributed by atoms with E-state index in [2.05, 4.69) is 15.5 Å². The van der Waals surface area contributed by atoms with Crippen molar-refractivity contribution < 1.29 is 14.1 Å². The number of hydrogen-bond acceptors (Lipinski definition) is 7. The van der Waals surface area contributed by atoms with E-state index in [9.17, 15) is 14.9 Å². The molecular weight excluding hydrogens is 466 g/mol. The van der Waals surface area contributed by atoms with E-state index in [1.165, 1.54) is 30.0 Å². The van der Waals surface area contributed by atoms with Crippen molar-refractivity contribution in [3.8, 4) is 11.6 Å². The maximum atomic E-state index is 13.3. The Morgan fingerprint density at radius 1 is 1.21 bits per heavy atom. The summed E-state index contributed by atoms with van der Waals surface area (Å²) >= 11 is 7.12. The van der Waals surface area contributed by atoms with Crippen LogP contribution in [0.1, 0.15) is 17.7 Å². The molecule has 1 unspecified atom stereocenters. The predicted molar refractivity (Wildman–Crippen MR) is 125 cm³/mol. The predicted octanol–water partition coefficient (Wildman–Crippen LogP) is 5.59. The van der Waals surface area contributed by atoms with Crippen molar-refractivity contribution >= 4 is 40.6 Å². The van der Waals surface area contributed by atoms with Gasteiger partial charge in [-0.15, -0.1) is 10.2 Å². The molecule has 0 aliphatic heterocycles. The van der Waals surface area contributed by atoms with Gasteiger partial charge >= 0.3 is 0 Å². The zero-order valence-electron chi connectivity index (χ0n) is 17.3. The van der Waals surface area contributed by atoms with E-state index in [-0.39, 0.29) is 22.3 Å². The molecule has 33 heavy (non-hydrogen) atoms. The summed E-state index contributed by atoms with van der Waals surface area (Å²) in [4.78, 5) is 23.9. The van der Waals surface area contributed by atoms with Crippen LogP contribution in [0, 0.1) is 10.1 Å². The fourth-order valence-electron chi connectivity index (χ4n) is 3.19. The van der Waals surface area contributed by atoms with Gasteiger partial charge in [0.25, 0.3) is 5.69 Å². The molecular formula is C22H18ClN5O4S. The fourth-order valence-corrected chi connectivity index (χ4v) is 4.48. The molecule has 1 atom stereocenters. The number of carbonyl (C=O) groups is 1. The molecule has 1 amide bonds. The normalized spacial score (nSPS) is 11.8. The Labute approximate surface area is 197 Å². The molecule has 9 nitrogen and oxygen atoms in total. The van der Waals surface area contributed by atoms with Gasteiger partial charge < -0.3 is 9.73 Å². The summed E-state index contributed by atoms with van der Waals surface area (Å²) in [5, 5.41) is 22.3. The number of nitrogens with zero attached hydrogens (tertiary/aromatic N) is 4. The lowest BCUT2D eigenvalue weighted by Gasteiger charge is -2.17.